The van der Waals surface area contributed by atoms with Crippen LogP contribution in [0.1, 0.15) is 13.3 Å². The van der Waals surface area contributed by atoms with E-state index in [0.29, 0.717) is 6.42 Å². The Morgan fingerprint density at radius 1 is 1.80 bits per heavy atom. The Hall–Kier alpha value is -0.190. The highest BCUT2D eigenvalue weighted by Gasteiger charge is 2.04. The molecule has 0 aromatic rings. The van der Waals surface area contributed by atoms with E-state index < -0.39 is 0 Å². The molecule has 0 fully saturated rings. The number of hydroxylamine groups is 2. The molecule has 2 N–H and O–H groups in total. The second-order valence-corrected chi connectivity index (χ2v) is 2.73. The predicted octanol–water partition coefficient (Wildman–Crippen LogP) is 0.544. The van der Waals surface area contributed by atoms with Gasteiger partial charge in [-0.15, -0.1) is 0 Å². The zero-order valence-corrected chi connectivity index (χ0v) is 7.44. The zero-order valence-electron chi connectivity index (χ0n) is 6.63. The van der Waals surface area contributed by atoms with Crippen LogP contribution in [0.3, 0.4) is 0 Å². The van der Waals surface area contributed by atoms with E-state index in [0.717, 1.165) is 4.99 Å². The lowest BCUT2D eigenvalue weighted by molar-refractivity contribution is -0.0412. The van der Waals surface area contributed by atoms with Crippen LogP contribution in [0.5, 0.6) is 0 Å². The fourth-order valence-electron chi connectivity index (χ4n) is 0.506. The van der Waals surface area contributed by atoms with Gasteiger partial charge in [0.2, 0.25) is 0 Å². The van der Waals surface area contributed by atoms with Crippen LogP contribution in [0.15, 0.2) is 0 Å². The van der Waals surface area contributed by atoms with Gasteiger partial charge in [-0.05, 0) is 6.92 Å². The molecule has 1 unspecified atom stereocenters. The molecule has 0 aromatic carbocycles. The maximum absolute atomic E-state index is 5.52. The molecule has 0 spiro atoms. The third kappa shape index (κ3) is 3.76. The molecule has 3 nitrogen and oxygen atoms in total. The summed E-state index contributed by atoms with van der Waals surface area (Å²) in [4.78, 5) is 5.58. The first-order valence-electron chi connectivity index (χ1n) is 3.14. The van der Waals surface area contributed by atoms with E-state index in [4.69, 9.17) is 22.8 Å². The fraction of sp³-hybridized carbons (Fsp3) is 0.833. The second kappa shape index (κ2) is 4.60. The first-order valence-corrected chi connectivity index (χ1v) is 3.55. The molecule has 4 heteroatoms. The van der Waals surface area contributed by atoms with Crippen LogP contribution >= 0.6 is 12.2 Å². The summed E-state index contributed by atoms with van der Waals surface area (Å²) >= 11 is 4.97. The number of nitrogens with two attached hydrogens (primary N) is 1. The van der Waals surface area contributed by atoms with Crippen molar-refractivity contribution in [3.63, 3.8) is 0 Å². The summed E-state index contributed by atoms with van der Waals surface area (Å²) in [6.07, 6.45) is 0.694. The lowest BCUT2D eigenvalue weighted by Crippen LogP contribution is -2.29. The van der Waals surface area contributed by atoms with Crippen LogP contribution in [-0.4, -0.2) is 30.3 Å². The van der Waals surface area contributed by atoms with Gasteiger partial charge >= 0.3 is 0 Å². The summed E-state index contributed by atoms with van der Waals surface area (Å²) in [6, 6.07) is 0.102. The van der Waals surface area contributed by atoms with Crippen molar-refractivity contribution in [3.8, 4) is 0 Å². The van der Waals surface area contributed by atoms with Crippen molar-refractivity contribution in [2.24, 2.45) is 5.73 Å². The summed E-state index contributed by atoms with van der Waals surface area (Å²) < 4.78 is 0. The lowest BCUT2D eigenvalue weighted by atomic mass is 10.2. The normalized spacial score (nSPS) is 12.8. The largest absolute Gasteiger partial charge is 0.328 e. The number of hydrogen-bond donors (Lipinski definition) is 1. The van der Waals surface area contributed by atoms with Crippen molar-refractivity contribution < 1.29 is 4.84 Å². The maximum atomic E-state index is 5.52. The zero-order chi connectivity index (χ0) is 8.15. The first-order chi connectivity index (χ1) is 4.57. The molecule has 1 atom stereocenters. The van der Waals surface area contributed by atoms with E-state index in [9.17, 15) is 0 Å². The number of thiocarbonyl (C=S) groups is 1. The minimum Gasteiger partial charge on any atom is -0.328 e. The highest BCUT2D eigenvalue weighted by atomic mass is 32.1. The van der Waals surface area contributed by atoms with Gasteiger partial charge < -0.3 is 5.73 Å². The highest BCUT2D eigenvalue weighted by Crippen LogP contribution is 1.96. The minimum atomic E-state index is 0.102. The Kier molecular flexibility index (Phi) is 4.51. The van der Waals surface area contributed by atoms with Crippen molar-refractivity contribution in [1.82, 2.24) is 5.06 Å². The van der Waals surface area contributed by atoms with Gasteiger partial charge in [0, 0.05) is 19.5 Å². The molecule has 0 aliphatic rings. The van der Waals surface area contributed by atoms with E-state index in [1.54, 1.807) is 19.2 Å². The monoisotopic (exact) mass is 162 g/mol. The third-order valence-electron chi connectivity index (χ3n) is 1.12. The SMILES string of the molecule is CON(C)C(=S)CC(C)N. The molecule has 0 amide bonds. The van der Waals surface area contributed by atoms with Crippen molar-refractivity contribution >= 4 is 17.2 Å². The van der Waals surface area contributed by atoms with Crippen molar-refractivity contribution in [2.75, 3.05) is 14.2 Å². The Bertz CT molecular complexity index is 116. The smallest absolute Gasteiger partial charge is 0.105 e. The Morgan fingerprint density at radius 3 is 2.60 bits per heavy atom. The molecule has 0 heterocycles. The van der Waals surface area contributed by atoms with Crippen LogP contribution in [0.25, 0.3) is 0 Å². The van der Waals surface area contributed by atoms with E-state index in [2.05, 4.69) is 0 Å². The van der Waals surface area contributed by atoms with Crippen molar-refractivity contribution in [3.05, 3.63) is 0 Å². The van der Waals surface area contributed by atoms with E-state index in [1.807, 2.05) is 6.92 Å². The van der Waals surface area contributed by atoms with Gasteiger partial charge in [0.25, 0.3) is 0 Å². The topological polar surface area (TPSA) is 38.5 Å². The van der Waals surface area contributed by atoms with Crippen LogP contribution in [0.2, 0.25) is 0 Å². The number of nitrogens with zero attached hydrogens (tertiary/aromatic N) is 1. The average Bonchev–Trinajstić information content (AvgIpc) is 1.85. The summed E-state index contributed by atoms with van der Waals surface area (Å²) in [5, 5.41) is 1.54. The van der Waals surface area contributed by atoms with E-state index in [-0.39, 0.29) is 6.04 Å². The Morgan fingerprint density at radius 2 is 2.30 bits per heavy atom. The van der Waals surface area contributed by atoms with Gasteiger partial charge in [0.05, 0.1) is 7.11 Å². The molecular formula is C6H14N2OS. The number of rotatable bonds is 3. The van der Waals surface area contributed by atoms with Gasteiger partial charge in [0.1, 0.15) is 4.99 Å². The molecular weight excluding hydrogens is 148 g/mol. The molecule has 60 valence electrons. The van der Waals surface area contributed by atoms with Gasteiger partial charge in [-0.25, -0.2) is 0 Å². The van der Waals surface area contributed by atoms with E-state index in [1.165, 1.54) is 0 Å². The van der Waals surface area contributed by atoms with Crippen LogP contribution in [0, 0.1) is 0 Å². The second-order valence-electron chi connectivity index (χ2n) is 2.26. The third-order valence-corrected chi connectivity index (χ3v) is 1.55. The maximum Gasteiger partial charge on any atom is 0.105 e. The molecule has 0 rings (SSSR count). The van der Waals surface area contributed by atoms with Crippen LogP contribution in [0.4, 0.5) is 0 Å². The van der Waals surface area contributed by atoms with Gasteiger partial charge in [-0.2, -0.15) is 0 Å². The molecule has 0 aliphatic heterocycles. The van der Waals surface area contributed by atoms with Crippen molar-refractivity contribution in [2.45, 2.75) is 19.4 Å². The van der Waals surface area contributed by atoms with Crippen LogP contribution in [-0.2, 0) is 4.84 Å². The molecule has 10 heavy (non-hydrogen) atoms. The molecule has 0 aliphatic carbocycles. The van der Waals surface area contributed by atoms with Gasteiger partial charge in [-0.3, -0.25) is 9.90 Å². The first kappa shape index (κ1) is 9.81. The summed E-state index contributed by atoms with van der Waals surface area (Å²) in [5.41, 5.74) is 5.52. The summed E-state index contributed by atoms with van der Waals surface area (Å²) in [5.74, 6) is 0. The van der Waals surface area contributed by atoms with E-state index >= 15 is 0 Å². The molecule has 0 radical (unpaired) electrons. The molecule has 0 saturated heterocycles. The minimum absolute atomic E-state index is 0.102. The standard InChI is InChI=1S/C6H14N2OS/c1-5(7)4-6(10)8(2)9-3/h5H,4,7H2,1-3H3. The van der Waals surface area contributed by atoms with Crippen LogP contribution < -0.4 is 5.73 Å². The van der Waals surface area contributed by atoms with Gasteiger partial charge in [0.15, 0.2) is 0 Å². The quantitative estimate of drug-likeness (QED) is 0.486. The summed E-state index contributed by atoms with van der Waals surface area (Å²) in [6.45, 7) is 1.91. The Balaban J connectivity index is 3.62. The fourth-order valence-corrected chi connectivity index (χ4v) is 0.843. The predicted molar refractivity (Wildman–Crippen MR) is 45.6 cm³/mol. The summed E-state index contributed by atoms with van der Waals surface area (Å²) in [7, 11) is 3.35. The van der Waals surface area contributed by atoms with Crippen molar-refractivity contribution in [1.29, 1.82) is 0 Å². The Labute approximate surface area is 67.1 Å². The average molecular weight is 162 g/mol. The van der Waals surface area contributed by atoms with Gasteiger partial charge in [-0.1, -0.05) is 12.2 Å². The molecule has 0 saturated carbocycles. The number of hydrogen-bond acceptors (Lipinski definition) is 3. The molecule has 0 bridgehead atoms. The lowest BCUT2D eigenvalue weighted by Gasteiger charge is -2.17. The highest BCUT2D eigenvalue weighted by molar-refractivity contribution is 7.80. The molecule has 0 aromatic heterocycles.